The van der Waals surface area contributed by atoms with E-state index in [4.69, 9.17) is 11.6 Å². The Kier molecular flexibility index (Phi) is 5.44. The third-order valence-electron chi connectivity index (χ3n) is 5.22. The molecule has 1 fully saturated rings. The highest BCUT2D eigenvalue weighted by Crippen LogP contribution is 2.29. The number of nitrogens with zero attached hydrogens (tertiary/aromatic N) is 4. The normalized spacial score (nSPS) is 16.8. The van der Waals surface area contributed by atoms with Crippen LogP contribution in [0.3, 0.4) is 0 Å². The number of anilines is 1. The largest absolute Gasteiger partial charge is 0.384 e. The van der Waals surface area contributed by atoms with Gasteiger partial charge in [0.2, 0.25) is 0 Å². The van der Waals surface area contributed by atoms with Crippen molar-refractivity contribution in [1.29, 1.82) is 0 Å². The van der Waals surface area contributed by atoms with Gasteiger partial charge in [0.05, 0.1) is 16.0 Å². The van der Waals surface area contributed by atoms with Crippen LogP contribution in [0.5, 0.6) is 0 Å². The summed E-state index contributed by atoms with van der Waals surface area (Å²) in [5.41, 5.74) is 3.17. The van der Waals surface area contributed by atoms with E-state index in [1.165, 1.54) is 0 Å². The van der Waals surface area contributed by atoms with Crippen LogP contribution < -0.4 is 5.32 Å². The summed E-state index contributed by atoms with van der Waals surface area (Å²) in [6.07, 6.45) is 2.68. The number of ketones is 1. The van der Waals surface area contributed by atoms with E-state index in [1.807, 2.05) is 12.1 Å². The molecule has 0 saturated carbocycles. The Balaban J connectivity index is 1.36. The Labute approximate surface area is 176 Å². The van der Waals surface area contributed by atoms with Crippen molar-refractivity contribution in [1.82, 2.24) is 19.6 Å². The molecule has 1 amide bonds. The number of hydrogen-bond donors (Lipinski definition) is 1. The number of aromatic nitrogens is 2. The number of piperazine rings is 1. The van der Waals surface area contributed by atoms with Crippen LogP contribution in [0.2, 0.25) is 5.02 Å². The first-order chi connectivity index (χ1) is 13.4. The lowest BCUT2D eigenvalue weighted by atomic mass is 10.0. The average molecular weight is 467 g/mol. The molecule has 0 spiro atoms. The monoisotopic (exact) mass is 465 g/mol. The van der Waals surface area contributed by atoms with Gasteiger partial charge < -0.3 is 10.2 Å². The van der Waals surface area contributed by atoms with Crippen LogP contribution >= 0.6 is 27.5 Å². The Morgan fingerprint density at radius 2 is 2.00 bits per heavy atom. The molecule has 1 aromatic carbocycles. The summed E-state index contributed by atoms with van der Waals surface area (Å²) >= 11 is 9.70. The fraction of sp³-hybridized carbons (Fsp3) is 0.421. The Morgan fingerprint density at radius 3 is 2.68 bits per heavy atom. The molecule has 7 nitrogen and oxygen atoms in total. The van der Waals surface area contributed by atoms with Gasteiger partial charge in [-0.3, -0.25) is 19.2 Å². The van der Waals surface area contributed by atoms with E-state index in [9.17, 15) is 9.59 Å². The van der Waals surface area contributed by atoms with Crippen LogP contribution in [-0.4, -0.2) is 70.5 Å². The van der Waals surface area contributed by atoms with Gasteiger partial charge in [0.15, 0.2) is 11.5 Å². The highest BCUT2D eigenvalue weighted by Gasteiger charge is 2.27. The van der Waals surface area contributed by atoms with Gasteiger partial charge in [-0.1, -0.05) is 11.6 Å². The maximum atomic E-state index is 12.8. The first-order valence-electron chi connectivity index (χ1n) is 9.22. The van der Waals surface area contributed by atoms with E-state index in [0.29, 0.717) is 53.5 Å². The minimum atomic E-state index is -0.0902. The number of amides is 1. The lowest BCUT2D eigenvalue weighted by Gasteiger charge is -2.34. The summed E-state index contributed by atoms with van der Waals surface area (Å²) < 4.78 is 2.31. The molecular weight excluding hydrogens is 446 g/mol. The van der Waals surface area contributed by atoms with Crippen LogP contribution in [0.1, 0.15) is 26.4 Å². The van der Waals surface area contributed by atoms with Gasteiger partial charge in [-0.25, -0.2) is 0 Å². The zero-order valence-electron chi connectivity index (χ0n) is 15.5. The highest BCUT2D eigenvalue weighted by molar-refractivity contribution is 9.10. The van der Waals surface area contributed by atoms with Crippen molar-refractivity contribution in [3.63, 3.8) is 0 Å². The second kappa shape index (κ2) is 7.85. The molecule has 3 heterocycles. The van der Waals surface area contributed by atoms with Crippen molar-refractivity contribution < 1.29 is 9.59 Å². The van der Waals surface area contributed by atoms with Gasteiger partial charge in [0, 0.05) is 57.2 Å². The second-order valence-electron chi connectivity index (χ2n) is 7.16. The molecule has 1 N–H and O–H groups in total. The number of fused-ring (bicyclic) bond motifs is 1. The zero-order valence-corrected chi connectivity index (χ0v) is 17.9. The van der Waals surface area contributed by atoms with Gasteiger partial charge >= 0.3 is 0 Å². The van der Waals surface area contributed by atoms with Crippen molar-refractivity contribution in [3.05, 3.63) is 44.6 Å². The summed E-state index contributed by atoms with van der Waals surface area (Å²) in [6, 6.07) is 3.76. The molecule has 1 aromatic heterocycles. The predicted molar refractivity (Wildman–Crippen MR) is 111 cm³/mol. The summed E-state index contributed by atoms with van der Waals surface area (Å²) in [7, 11) is 1.78. The van der Waals surface area contributed by atoms with Crippen molar-refractivity contribution in [3.8, 4) is 0 Å². The van der Waals surface area contributed by atoms with Crippen LogP contribution in [0.25, 0.3) is 0 Å². The fourth-order valence-corrected chi connectivity index (χ4v) is 4.50. The molecule has 0 bridgehead atoms. The average Bonchev–Trinajstić information content (AvgIpc) is 3.26. The number of aryl methyl sites for hydroxylation is 1. The summed E-state index contributed by atoms with van der Waals surface area (Å²) in [6.45, 7) is 3.61. The lowest BCUT2D eigenvalue weighted by molar-refractivity contribution is 0.0617. The minimum Gasteiger partial charge on any atom is -0.384 e. The first kappa shape index (κ1) is 19.4. The molecule has 2 aliphatic rings. The topological polar surface area (TPSA) is 70.5 Å². The Bertz CT molecular complexity index is 937. The molecule has 2 aliphatic heterocycles. The van der Waals surface area contributed by atoms with Crippen LogP contribution in [0.4, 0.5) is 5.69 Å². The quantitative estimate of drug-likeness (QED) is 0.701. The van der Waals surface area contributed by atoms with Gasteiger partial charge in [0.1, 0.15) is 0 Å². The maximum Gasteiger partial charge on any atom is 0.275 e. The first-order valence-corrected chi connectivity index (χ1v) is 10.4. The number of Topliss-reactive ketones (excluding diaryl/α,β-unsaturated/α-hetero) is 1. The molecule has 28 heavy (non-hydrogen) atoms. The predicted octanol–water partition coefficient (Wildman–Crippen LogP) is 2.44. The highest BCUT2D eigenvalue weighted by atomic mass is 79.9. The lowest BCUT2D eigenvalue weighted by Crippen LogP contribution is -2.50. The summed E-state index contributed by atoms with van der Waals surface area (Å²) in [5.74, 6) is -0.0698. The van der Waals surface area contributed by atoms with Crippen LogP contribution in [-0.2, 0) is 13.5 Å². The van der Waals surface area contributed by atoms with Crippen molar-refractivity contribution in [2.75, 3.05) is 44.6 Å². The minimum absolute atomic E-state index is 0.0203. The molecule has 4 rings (SSSR count). The molecule has 0 radical (unpaired) electrons. The molecule has 0 unspecified atom stereocenters. The molecule has 0 aliphatic carbocycles. The van der Waals surface area contributed by atoms with Gasteiger partial charge in [0.25, 0.3) is 5.91 Å². The van der Waals surface area contributed by atoms with E-state index in [1.54, 1.807) is 22.8 Å². The molecule has 1 saturated heterocycles. The van der Waals surface area contributed by atoms with Crippen molar-refractivity contribution >= 4 is 44.9 Å². The van der Waals surface area contributed by atoms with Gasteiger partial charge in [-0.05, 0) is 40.0 Å². The number of carbonyl (C=O) groups excluding carboxylic acids is 2. The standard InChI is InChI=1S/C19H21BrClN5O2/c1-24-10-14(20)18(23-24)19(28)26-6-4-25(5-7-26)11-17(27)13-8-12-2-3-22-16(12)9-15(13)21/h8-10,22H,2-7,11H2,1H3. The van der Waals surface area contributed by atoms with Gasteiger partial charge in [-0.15, -0.1) is 0 Å². The Morgan fingerprint density at radius 1 is 1.25 bits per heavy atom. The maximum absolute atomic E-state index is 12.8. The number of benzene rings is 1. The molecular formula is C19H21BrClN5O2. The van der Waals surface area contributed by atoms with Crippen molar-refractivity contribution in [2.24, 2.45) is 7.05 Å². The summed E-state index contributed by atoms with van der Waals surface area (Å²) in [5, 5.41) is 7.98. The number of carbonyl (C=O) groups is 2. The molecule has 148 valence electrons. The number of halogens is 2. The van der Waals surface area contributed by atoms with Crippen molar-refractivity contribution in [2.45, 2.75) is 6.42 Å². The molecule has 9 heteroatoms. The Hall–Kier alpha value is -1.90. The van der Waals surface area contributed by atoms with Gasteiger partial charge in [-0.2, -0.15) is 5.10 Å². The van der Waals surface area contributed by atoms with Crippen LogP contribution in [0.15, 0.2) is 22.8 Å². The SMILES string of the molecule is Cn1cc(Br)c(C(=O)N2CCN(CC(=O)c3cc4c(cc3Cl)NCC4)CC2)n1. The van der Waals surface area contributed by atoms with E-state index in [2.05, 4.69) is 31.2 Å². The van der Waals surface area contributed by atoms with E-state index < -0.39 is 0 Å². The number of rotatable bonds is 4. The zero-order chi connectivity index (χ0) is 19.8. The third-order valence-corrected chi connectivity index (χ3v) is 6.11. The summed E-state index contributed by atoms with van der Waals surface area (Å²) in [4.78, 5) is 29.3. The number of nitrogens with one attached hydrogen (secondary N) is 1. The van der Waals surface area contributed by atoms with Crippen LogP contribution in [0, 0.1) is 0 Å². The molecule has 2 aromatic rings. The number of hydrogen-bond acceptors (Lipinski definition) is 5. The second-order valence-corrected chi connectivity index (χ2v) is 8.42. The smallest absolute Gasteiger partial charge is 0.275 e. The fourth-order valence-electron chi connectivity index (χ4n) is 3.69. The van der Waals surface area contributed by atoms with E-state index in [0.717, 1.165) is 24.2 Å². The van der Waals surface area contributed by atoms with E-state index in [-0.39, 0.29) is 11.7 Å². The van der Waals surface area contributed by atoms with E-state index >= 15 is 0 Å². The third kappa shape index (κ3) is 3.81. The molecule has 0 atom stereocenters.